The molecule has 0 aromatic heterocycles. The number of benzene rings is 2. The molecule has 144 valence electrons. The Morgan fingerprint density at radius 1 is 1.04 bits per heavy atom. The van der Waals surface area contributed by atoms with E-state index in [1.54, 1.807) is 0 Å². The summed E-state index contributed by atoms with van der Waals surface area (Å²) < 4.78 is 11.4. The Labute approximate surface area is 166 Å². The van der Waals surface area contributed by atoms with Crippen molar-refractivity contribution in [2.24, 2.45) is 0 Å². The molecule has 1 fully saturated rings. The summed E-state index contributed by atoms with van der Waals surface area (Å²) in [5.74, 6) is 0.934. The minimum absolute atomic E-state index is 0.273. The minimum Gasteiger partial charge on any atom is -0.490 e. The van der Waals surface area contributed by atoms with Gasteiger partial charge >= 0.3 is 0 Å². The summed E-state index contributed by atoms with van der Waals surface area (Å²) in [4.78, 5) is 0. The van der Waals surface area contributed by atoms with E-state index >= 15 is 0 Å². The Bertz CT molecular complexity index is 758. The van der Waals surface area contributed by atoms with Crippen molar-refractivity contribution in [3.05, 3.63) is 58.1 Å². The third-order valence-corrected chi connectivity index (χ3v) is 5.66. The van der Waals surface area contributed by atoms with Gasteiger partial charge in [0.2, 0.25) is 0 Å². The molecular formula is C22H27ClN2O2. The number of ether oxygens (including phenoxy) is 2. The van der Waals surface area contributed by atoms with Crippen LogP contribution in [0.4, 0.5) is 5.69 Å². The molecule has 2 aliphatic rings. The normalized spacial score (nSPS) is 17.8. The summed E-state index contributed by atoms with van der Waals surface area (Å²) in [6.07, 6.45) is 4.27. The van der Waals surface area contributed by atoms with Gasteiger partial charge in [-0.1, -0.05) is 29.8 Å². The summed E-state index contributed by atoms with van der Waals surface area (Å²) in [6.45, 7) is 4.37. The average molecular weight is 387 g/mol. The average Bonchev–Trinajstić information content (AvgIpc) is 2.95. The van der Waals surface area contributed by atoms with Crippen LogP contribution in [0.1, 0.15) is 29.5 Å². The van der Waals surface area contributed by atoms with Crippen molar-refractivity contribution >= 4 is 17.3 Å². The van der Waals surface area contributed by atoms with Crippen LogP contribution < -0.4 is 15.4 Å². The van der Waals surface area contributed by atoms with E-state index in [1.807, 2.05) is 6.07 Å². The summed E-state index contributed by atoms with van der Waals surface area (Å²) >= 11 is 6.50. The zero-order valence-corrected chi connectivity index (χ0v) is 16.4. The van der Waals surface area contributed by atoms with Crippen molar-refractivity contribution in [1.82, 2.24) is 5.32 Å². The number of hydrogen-bond acceptors (Lipinski definition) is 4. The van der Waals surface area contributed by atoms with Crippen LogP contribution in [0.25, 0.3) is 0 Å². The Morgan fingerprint density at radius 2 is 1.81 bits per heavy atom. The van der Waals surface area contributed by atoms with Gasteiger partial charge in [-0.15, -0.1) is 0 Å². The van der Waals surface area contributed by atoms with Crippen molar-refractivity contribution in [2.75, 3.05) is 31.6 Å². The van der Waals surface area contributed by atoms with E-state index in [-0.39, 0.29) is 6.10 Å². The van der Waals surface area contributed by atoms with Crippen molar-refractivity contribution in [3.8, 4) is 5.75 Å². The lowest BCUT2D eigenvalue weighted by Crippen LogP contribution is -2.25. The number of anilines is 1. The smallest absolute Gasteiger partial charge is 0.119 e. The van der Waals surface area contributed by atoms with Crippen molar-refractivity contribution < 1.29 is 9.47 Å². The molecule has 4 nitrogen and oxygen atoms in total. The fourth-order valence-electron chi connectivity index (χ4n) is 3.80. The Kier molecular flexibility index (Phi) is 6.17. The zero-order chi connectivity index (χ0) is 18.5. The van der Waals surface area contributed by atoms with Gasteiger partial charge in [0.15, 0.2) is 0 Å². The largest absolute Gasteiger partial charge is 0.490 e. The first-order valence-electron chi connectivity index (χ1n) is 9.88. The Morgan fingerprint density at radius 3 is 2.63 bits per heavy atom. The van der Waals surface area contributed by atoms with Gasteiger partial charge in [-0.3, -0.25) is 0 Å². The molecule has 1 saturated heterocycles. The first-order chi connectivity index (χ1) is 13.3. The molecule has 27 heavy (non-hydrogen) atoms. The quantitative estimate of drug-likeness (QED) is 0.808. The van der Waals surface area contributed by atoms with E-state index in [1.165, 1.54) is 16.7 Å². The molecule has 0 radical (unpaired) electrons. The second-order valence-corrected chi connectivity index (χ2v) is 7.64. The number of halogens is 1. The monoisotopic (exact) mass is 386 g/mol. The van der Waals surface area contributed by atoms with Crippen LogP contribution in [0.3, 0.4) is 0 Å². The molecule has 0 spiro atoms. The molecule has 0 bridgehead atoms. The van der Waals surface area contributed by atoms with Gasteiger partial charge in [0.05, 0.1) is 23.9 Å². The van der Waals surface area contributed by atoms with E-state index in [2.05, 4.69) is 41.0 Å². The van der Waals surface area contributed by atoms with Gasteiger partial charge < -0.3 is 20.1 Å². The molecule has 0 aliphatic carbocycles. The molecule has 2 aromatic carbocycles. The van der Waals surface area contributed by atoms with Gasteiger partial charge in [0.25, 0.3) is 0 Å². The molecule has 5 heteroatoms. The predicted octanol–water partition coefficient (Wildman–Crippen LogP) is 4.20. The fourth-order valence-corrected chi connectivity index (χ4v) is 4.04. The van der Waals surface area contributed by atoms with Gasteiger partial charge in [0, 0.05) is 19.4 Å². The fraction of sp³-hybridized carbons (Fsp3) is 0.455. The molecule has 2 aliphatic heterocycles. The second kappa shape index (κ2) is 8.96. The summed E-state index contributed by atoms with van der Waals surface area (Å²) in [6, 6.07) is 12.5. The molecule has 2 aromatic rings. The first-order valence-corrected chi connectivity index (χ1v) is 10.3. The number of fused-ring (bicyclic) bond motifs is 1. The maximum absolute atomic E-state index is 6.50. The molecule has 2 N–H and O–H groups in total. The van der Waals surface area contributed by atoms with E-state index < -0.39 is 0 Å². The van der Waals surface area contributed by atoms with E-state index in [9.17, 15) is 0 Å². The van der Waals surface area contributed by atoms with Crippen molar-refractivity contribution in [3.63, 3.8) is 0 Å². The topological polar surface area (TPSA) is 42.5 Å². The van der Waals surface area contributed by atoms with Crippen LogP contribution in [0.5, 0.6) is 5.75 Å². The Balaban J connectivity index is 1.40. The molecule has 0 saturated carbocycles. The maximum atomic E-state index is 6.50. The molecule has 0 atom stereocenters. The molecule has 0 amide bonds. The molecular weight excluding hydrogens is 360 g/mol. The molecule has 0 unspecified atom stereocenters. The van der Waals surface area contributed by atoms with Gasteiger partial charge in [-0.05, 0) is 60.8 Å². The third-order valence-electron chi connectivity index (χ3n) is 5.35. The number of hydrogen-bond donors (Lipinski definition) is 2. The SMILES string of the molecule is Clc1ccc2c(c1NCc1ccc(OC3CCOCC3)cc1)CCNCC2. The Hall–Kier alpha value is -1.75. The van der Waals surface area contributed by atoms with Crippen LogP contribution in [-0.2, 0) is 24.1 Å². The predicted molar refractivity (Wildman–Crippen MR) is 110 cm³/mol. The van der Waals surface area contributed by atoms with Gasteiger partial charge in [-0.25, -0.2) is 0 Å². The lowest BCUT2D eigenvalue weighted by atomic mass is 10.0. The van der Waals surface area contributed by atoms with E-state index in [0.29, 0.717) is 0 Å². The summed E-state index contributed by atoms with van der Waals surface area (Å²) in [5, 5.41) is 7.83. The lowest BCUT2D eigenvalue weighted by molar-refractivity contribution is 0.0255. The molecule has 2 heterocycles. The van der Waals surface area contributed by atoms with Crippen LogP contribution in [-0.4, -0.2) is 32.4 Å². The van der Waals surface area contributed by atoms with E-state index in [0.717, 1.165) is 75.0 Å². The summed E-state index contributed by atoms with van der Waals surface area (Å²) in [5.41, 5.74) is 5.05. The second-order valence-electron chi connectivity index (χ2n) is 7.24. The van der Waals surface area contributed by atoms with Crippen molar-refractivity contribution in [2.45, 2.75) is 38.3 Å². The van der Waals surface area contributed by atoms with Crippen LogP contribution in [0.2, 0.25) is 5.02 Å². The number of nitrogens with one attached hydrogen (secondary N) is 2. The third kappa shape index (κ3) is 4.75. The standard InChI is InChI=1S/C22H27ClN2O2/c23-21-6-3-17-7-11-24-12-8-20(17)22(21)25-15-16-1-4-18(5-2-16)27-19-9-13-26-14-10-19/h1-6,19,24-25H,7-15H2. The zero-order valence-electron chi connectivity index (χ0n) is 15.6. The maximum Gasteiger partial charge on any atom is 0.119 e. The van der Waals surface area contributed by atoms with E-state index in [4.69, 9.17) is 21.1 Å². The van der Waals surface area contributed by atoms with Crippen LogP contribution in [0, 0.1) is 0 Å². The first kappa shape index (κ1) is 18.6. The van der Waals surface area contributed by atoms with Crippen LogP contribution in [0.15, 0.2) is 36.4 Å². The number of rotatable bonds is 5. The van der Waals surface area contributed by atoms with Gasteiger partial charge in [-0.2, -0.15) is 0 Å². The lowest BCUT2D eigenvalue weighted by Gasteiger charge is -2.23. The highest BCUT2D eigenvalue weighted by Crippen LogP contribution is 2.31. The van der Waals surface area contributed by atoms with Crippen molar-refractivity contribution in [1.29, 1.82) is 0 Å². The van der Waals surface area contributed by atoms with Crippen LogP contribution >= 0.6 is 11.6 Å². The highest BCUT2D eigenvalue weighted by Gasteiger charge is 2.16. The highest BCUT2D eigenvalue weighted by atomic mass is 35.5. The highest BCUT2D eigenvalue weighted by molar-refractivity contribution is 6.33. The molecule has 4 rings (SSSR count). The summed E-state index contributed by atoms with van der Waals surface area (Å²) in [7, 11) is 0. The minimum atomic E-state index is 0.273. The van der Waals surface area contributed by atoms with Gasteiger partial charge in [0.1, 0.15) is 11.9 Å².